The summed E-state index contributed by atoms with van der Waals surface area (Å²) in [5.74, 6) is 0.281. The molecule has 1 unspecified atom stereocenters. The largest absolute Gasteiger partial charge is 0.388 e. The van der Waals surface area contributed by atoms with Crippen molar-refractivity contribution in [2.24, 2.45) is 0 Å². The summed E-state index contributed by atoms with van der Waals surface area (Å²) in [4.78, 5) is 16.1. The molecule has 0 saturated carbocycles. The Hall–Kier alpha value is -2.11. The molecule has 116 valence electrons. The maximum atomic E-state index is 12.1. The second-order valence-corrected chi connectivity index (χ2v) is 5.17. The fraction of sp³-hybridized carbons (Fsp3) is 0.250. The summed E-state index contributed by atoms with van der Waals surface area (Å²) in [6.07, 6.45) is -0.164. The monoisotopic (exact) mass is 319 g/mol. The number of aliphatic hydroxyl groups excluding tert-OH is 1. The van der Waals surface area contributed by atoms with Crippen molar-refractivity contribution in [3.63, 3.8) is 0 Å². The van der Waals surface area contributed by atoms with Crippen LogP contribution in [0.2, 0.25) is 5.15 Å². The predicted octanol–water partition coefficient (Wildman–Crippen LogP) is 2.63. The molecule has 22 heavy (non-hydrogen) atoms. The summed E-state index contributed by atoms with van der Waals surface area (Å²) in [5, 5.41) is 15.9. The molecule has 5 nitrogen and oxygen atoms in total. The number of hydrogen-bond acceptors (Lipinski definition) is 4. The van der Waals surface area contributed by atoms with Gasteiger partial charge in [0.05, 0.1) is 6.10 Å². The van der Waals surface area contributed by atoms with Gasteiger partial charge in [0.15, 0.2) is 0 Å². The zero-order valence-electron chi connectivity index (χ0n) is 12.2. The summed E-state index contributed by atoms with van der Waals surface area (Å²) in [6, 6.07) is 12.5. The lowest BCUT2D eigenvalue weighted by molar-refractivity contribution is 0.0942. The second kappa shape index (κ2) is 7.77. The maximum absolute atomic E-state index is 12.1. The molecular weight excluding hydrogens is 302 g/mol. The predicted molar refractivity (Wildman–Crippen MR) is 87.1 cm³/mol. The SMILES string of the molecule is CNc1cc(C(=O)NCCC(O)c2ccccc2)cc(Cl)n1. The molecular formula is C16H18ClN3O2. The third kappa shape index (κ3) is 4.44. The Morgan fingerprint density at radius 2 is 2.05 bits per heavy atom. The molecule has 1 atom stereocenters. The zero-order valence-corrected chi connectivity index (χ0v) is 13.0. The maximum Gasteiger partial charge on any atom is 0.251 e. The van der Waals surface area contributed by atoms with Gasteiger partial charge in [-0.05, 0) is 24.1 Å². The lowest BCUT2D eigenvalue weighted by Crippen LogP contribution is -2.25. The second-order valence-electron chi connectivity index (χ2n) is 4.78. The molecule has 1 heterocycles. The van der Waals surface area contributed by atoms with Crippen molar-refractivity contribution < 1.29 is 9.90 Å². The normalized spacial score (nSPS) is 11.8. The molecule has 6 heteroatoms. The van der Waals surface area contributed by atoms with Gasteiger partial charge in [0.1, 0.15) is 11.0 Å². The van der Waals surface area contributed by atoms with Gasteiger partial charge in [-0.3, -0.25) is 4.79 Å². The standard InChI is InChI=1S/C16H18ClN3O2/c1-18-15-10-12(9-14(17)20-15)16(22)19-8-7-13(21)11-5-3-2-4-6-11/h2-6,9-10,13,21H,7-8H2,1H3,(H,18,20)(H,19,22). The lowest BCUT2D eigenvalue weighted by Gasteiger charge is -2.12. The number of pyridine rings is 1. The van der Waals surface area contributed by atoms with Crippen LogP contribution in [0.15, 0.2) is 42.5 Å². The van der Waals surface area contributed by atoms with Crippen LogP contribution in [0, 0.1) is 0 Å². The highest BCUT2D eigenvalue weighted by molar-refractivity contribution is 6.29. The number of carbonyl (C=O) groups is 1. The third-order valence-corrected chi connectivity index (χ3v) is 3.39. The van der Waals surface area contributed by atoms with E-state index in [4.69, 9.17) is 11.6 Å². The van der Waals surface area contributed by atoms with Crippen LogP contribution in [0.3, 0.4) is 0 Å². The first kappa shape index (κ1) is 16.3. The van der Waals surface area contributed by atoms with E-state index in [2.05, 4.69) is 15.6 Å². The third-order valence-electron chi connectivity index (χ3n) is 3.20. The molecule has 0 fully saturated rings. The van der Waals surface area contributed by atoms with E-state index in [1.807, 2.05) is 30.3 Å². The Morgan fingerprint density at radius 3 is 2.73 bits per heavy atom. The van der Waals surface area contributed by atoms with Gasteiger partial charge in [0.25, 0.3) is 5.91 Å². The number of halogens is 1. The summed E-state index contributed by atoms with van der Waals surface area (Å²) in [5.41, 5.74) is 1.26. The Balaban J connectivity index is 1.89. The minimum atomic E-state index is -0.601. The Kier molecular flexibility index (Phi) is 5.75. The highest BCUT2D eigenvalue weighted by atomic mass is 35.5. The molecule has 0 spiro atoms. The highest BCUT2D eigenvalue weighted by Gasteiger charge is 2.11. The van der Waals surface area contributed by atoms with Crippen molar-refractivity contribution in [1.29, 1.82) is 0 Å². The molecule has 1 aromatic heterocycles. The van der Waals surface area contributed by atoms with E-state index in [1.54, 1.807) is 13.1 Å². The van der Waals surface area contributed by atoms with Crippen molar-refractivity contribution in [3.05, 3.63) is 58.7 Å². The van der Waals surface area contributed by atoms with Gasteiger partial charge >= 0.3 is 0 Å². The van der Waals surface area contributed by atoms with Gasteiger partial charge in [-0.25, -0.2) is 4.98 Å². The highest BCUT2D eigenvalue weighted by Crippen LogP contribution is 2.16. The molecule has 0 aliphatic heterocycles. The summed E-state index contributed by atoms with van der Waals surface area (Å²) < 4.78 is 0. The molecule has 1 aromatic carbocycles. The molecule has 0 radical (unpaired) electrons. The quantitative estimate of drug-likeness (QED) is 0.716. The van der Waals surface area contributed by atoms with Crippen LogP contribution in [0.25, 0.3) is 0 Å². The number of aromatic nitrogens is 1. The molecule has 0 aliphatic carbocycles. The average Bonchev–Trinajstić information content (AvgIpc) is 2.54. The number of benzene rings is 1. The molecule has 2 aromatic rings. The minimum absolute atomic E-state index is 0.249. The van der Waals surface area contributed by atoms with Gasteiger partial charge in [0, 0.05) is 19.2 Å². The molecule has 0 saturated heterocycles. The van der Waals surface area contributed by atoms with E-state index in [9.17, 15) is 9.90 Å². The fourth-order valence-corrected chi connectivity index (χ4v) is 2.23. The van der Waals surface area contributed by atoms with Crippen LogP contribution in [-0.2, 0) is 0 Å². The number of carbonyl (C=O) groups excluding carboxylic acids is 1. The van der Waals surface area contributed by atoms with E-state index >= 15 is 0 Å². The van der Waals surface area contributed by atoms with Crippen molar-refractivity contribution in [2.45, 2.75) is 12.5 Å². The summed E-state index contributed by atoms with van der Waals surface area (Å²) in [7, 11) is 1.70. The number of rotatable bonds is 6. The van der Waals surface area contributed by atoms with Crippen LogP contribution in [0.4, 0.5) is 5.82 Å². The van der Waals surface area contributed by atoms with Crippen LogP contribution < -0.4 is 10.6 Å². The number of hydrogen-bond donors (Lipinski definition) is 3. The van der Waals surface area contributed by atoms with Gasteiger partial charge in [-0.15, -0.1) is 0 Å². The van der Waals surface area contributed by atoms with Gasteiger partial charge in [-0.1, -0.05) is 41.9 Å². The number of amides is 1. The first-order chi connectivity index (χ1) is 10.6. The van der Waals surface area contributed by atoms with Gasteiger partial charge in [0.2, 0.25) is 0 Å². The van der Waals surface area contributed by atoms with Crippen molar-refractivity contribution >= 4 is 23.3 Å². The summed E-state index contributed by atoms with van der Waals surface area (Å²) in [6.45, 7) is 0.365. The van der Waals surface area contributed by atoms with Crippen LogP contribution in [-0.4, -0.2) is 29.6 Å². The van der Waals surface area contributed by atoms with Crippen molar-refractivity contribution in [3.8, 4) is 0 Å². The summed E-state index contributed by atoms with van der Waals surface area (Å²) >= 11 is 5.87. The molecule has 1 amide bonds. The minimum Gasteiger partial charge on any atom is -0.388 e. The van der Waals surface area contributed by atoms with Crippen LogP contribution in [0.5, 0.6) is 0 Å². The van der Waals surface area contributed by atoms with E-state index in [-0.39, 0.29) is 11.1 Å². The number of anilines is 1. The number of nitrogens with one attached hydrogen (secondary N) is 2. The van der Waals surface area contributed by atoms with E-state index < -0.39 is 6.10 Å². The van der Waals surface area contributed by atoms with Crippen molar-refractivity contribution in [2.75, 3.05) is 18.9 Å². The van der Waals surface area contributed by atoms with E-state index in [1.165, 1.54) is 6.07 Å². The fourth-order valence-electron chi connectivity index (χ4n) is 2.02. The molecule has 3 N–H and O–H groups in total. The number of aliphatic hydroxyl groups is 1. The lowest BCUT2D eigenvalue weighted by atomic mass is 10.1. The van der Waals surface area contributed by atoms with Gasteiger partial charge < -0.3 is 15.7 Å². The Bertz CT molecular complexity index is 635. The smallest absolute Gasteiger partial charge is 0.251 e. The van der Waals surface area contributed by atoms with Crippen LogP contribution in [0.1, 0.15) is 28.4 Å². The molecule has 2 rings (SSSR count). The Morgan fingerprint density at radius 1 is 1.32 bits per heavy atom. The topological polar surface area (TPSA) is 74.2 Å². The van der Waals surface area contributed by atoms with E-state index in [0.29, 0.717) is 24.3 Å². The van der Waals surface area contributed by atoms with E-state index in [0.717, 1.165) is 5.56 Å². The average molecular weight is 320 g/mol. The first-order valence-electron chi connectivity index (χ1n) is 6.96. The van der Waals surface area contributed by atoms with Crippen molar-refractivity contribution in [1.82, 2.24) is 10.3 Å². The van der Waals surface area contributed by atoms with Gasteiger partial charge in [-0.2, -0.15) is 0 Å². The Labute approximate surface area is 134 Å². The van der Waals surface area contributed by atoms with Crippen LogP contribution >= 0.6 is 11.6 Å². The molecule has 0 bridgehead atoms. The first-order valence-corrected chi connectivity index (χ1v) is 7.34. The molecule has 0 aliphatic rings. The number of nitrogens with zero attached hydrogens (tertiary/aromatic N) is 1. The zero-order chi connectivity index (χ0) is 15.9.